The Kier molecular flexibility index (Phi) is 9.17. The van der Waals surface area contributed by atoms with Crippen LogP contribution in [-0.4, -0.2) is 32.9 Å². The summed E-state index contributed by atoms with van der Waals surface area (Å²) in [6, 6.07) is 6.37. The summed E-state index contributed by atoms with van der Waals surface area (Å²) in [4.78, 5) is 12.8. The standard InChI is InChI=1S/C16H19F2N3OS4/c1-3-4-9-23-15-20-21-16(26-15)24-10(2)13(22)19-11-5-7-12(8-6-11)25-14(17)18/h5-8,10,14H,3-4,9H2,1-2H3,(H,19,22). The maximum Gasteiger partial charge on any atom is 0.288 e. The highest BCUT2D eigenvalue weighted by Crippen LogP contribution is 2.32. The SMILES string of the molecule is CCCCSc1nnc(SC(C)C(=O)Nc2ccc(SC(F)F)cc2)s1. The minimum absolute atomic E-state index is 0.167. The van der Waals surface area contributed by atoms with Gasteiger partial charge in [-0.25, -0.2) is 0 Å². The second-order valence-corrected chi connectivity index (χ2v) is 10.2. The molecule has 1 N–H and O–H groups in total. The third kappa shape index (κ3) is 7.42. The summed E-state index contributed by atoms with van der Waals surface area (Å²) < 4.78 is 26.3. The number of nitrogens with zero attached hydrogens (tertiary/aromatic N) is 2. The van der Waals surface area contributed by atoms with Crippen LogP contribution in [0.2, 0.25) is 0 Å². The number of alkyl halides is 2. The predicted molar refractivity (Wildman–Crippen MR) is 108 cm³/mol. The molecule has 0 aliphatic carbocycles. The fourth-order valence-electron chi connectivity index (χ4n) is 1.78. The van der Waals surface area contributed by atoms with Gasteiger partial charge in [-0.05, 0) is 37.6 Å². The molecule has 0 radical (unpaired) electrons. The first-order valence-corrected chi connectivity index (χ1v) is 11.5. The van der Waals surface area contributed by atoms with Gasteiger partial charge in [0, 0.05) is 16.3 Å². The number of carbonyl (C=O) groups is 1. The van der Waals surface area contributed by atoms with E-state index in [0.717, 1.165) is 27.3 Å². The highest BCUT2D eigenvalue weighted by molar-refractivity contribution is 8.04. The molecule has 2 rings (SSSR count). The van der Waals surface area contributed by atoms with Gasteiger partial charge in [0.1, 0.15) is 0 Å². The summed E-state index contributed by atoms with van der Waals surface area (Å²) in [5.41, 5.74) is 0.578. The Morgan fingerprint density at radius 2 is 1.88 bits per heavy atom. The maximum absolute atomic E-state index is 12.3. The number of aromatic nitrogens is 2. The first kappa shape index (κ1) is 21.5. The lowest BCUT2D eigenvalue weighted by molar-refractivity contribution is -0.115. The van der Waals surface area contributed by atoms with Crippen LogP contribution in [0.25, 0.3) is 0 Å². The highest BCUT2D eigenvalue weighted by atomic mass is 32.2. The molecule has 2 aromatic rings. The first-order valence-electron chi connectivity index (χ1n) is 7.96. The molecule has 1 heterocycles. The van der Waals surface area contributed by atoms with Crippen LogP contribution in [0.1, 0.15) is 26.7 Å². The molecular formula is C16H19F2N3OS4. The third-order valence-corrected chi connectivity index (χ3v) is 7.15. The topological polar surface area (TPSA) is 54.9 Å². The molecule has 0 saturated carbocycles. The number of anilines is 1. The Balaban J connectivity index is 1.83. The number of nitrogens with one attached hydrogen (secondary N) is 1. The minimum atomic E-state index is -2.45. The van der Waals surface area contributed by atoms with E-state index >= 15 is 0 Å². The maximum atomic E-state index is 12.3. The van der Waals surface area contributed by atoms with E-state index < -0.39 is 5.76 Å². The zero-order valence-corrected chi connectivity index (χ0v) is 17.5. The molecule has 0 aliphatic rings. The van der Waals surface area contributed by atoms with Crippen LogP contribution < -0.4 is 5.32 Å². The number of thioether (sulfide) groups is 3. The number of carbonyl (C=O) groups excluding carboxylic acids is 1. The molecule has 0 bridgehead atoms. The van der Waals surface area contributed by atoms with E-state index in [1.165, 1.54) is 23.1 Å². The number of rotatable bonds is 10. The van der Waals surface area contributed by atoms with Crippen LogP contribution in [0.3, 0.4) is 0 Å². The normalized spacial score (nSPS) is 12.3. The van der Waals surface area contributed by atoms with Crippen molar-refractivity contribution in [1.29, 1.82) is 0 Å². The average Bonchev–Trinajstić information content (AvgIpc) is 3.03. The molecular weight excluding hydrogens is 416 g/mol. The van der Waals surface area contributed by atoms with Crippen molar-refractivity contribution in [1.82, 2.24) is 10.2 Å². The van der Waals surface area contributed by atoms with Gasteiger partial charge in [-0.2, -0.15) is 8.78 Å². The lowest BCUT2D eigenvalue weighted by Gasteiger charge is -2.10. The Morgan fingerprint density at radius 3 is 2.54 bits per heavy atom. The Labute approximate surface area is 168 Å². The summed E-state index contributed by atoms with van der Waals surface area (Å²) in [6.45, 7) is 3.94. The van der Waals surface area contributed by atoms with E-state index in [-0.39, 0.29) is 11.2 Å². The number of hydrogen-bond acceptors (Lipinski definition) is 7. The Bertz CT molecular complexity index is 697. The molecule has 1 aromatic heterocycles. The van der Waals surface area contributed by atoms with E-state index in [9.17, 15) is 13.6 Å². The lowest BCUT2D eigenvalue weighted by Crippen LogP contribution is -2.22. The van der Waals surface area contributed by atoms with Gasteiger partial charge in [0.05, 0.1) is 5.25 Å². The van der Waals surface area contributed by atoms with Crippen molar-refractivity contribution in [2.75, 3.05) is 11.1 Å². The zero-order chi connectivity index (χ0) is 18.9. The molecule has 1 unspecified atom stereocenters. The minimum Gasteiger partial charge on any atom is -0.325 e. The molecule has 1 atom stereocenters. The largest absolute Gasteiger partial charge is 0.325 e. The van der Waals surface area contributed by atoms with Crippen molar-refractivity contribution in [2.45, 2.75) is 51.3 Å². The summed E-state index contributed by atoms with van der Waals surface area (Å²) in [5.74, 6) is -1.60. The average molecular weight is 436 g/mol. The van der Waals surface area contributed by atoms with Crippen LogP contribution >= 0.6 is 46.6 Å². The van der Waals surface area contributed by atoms with Gasteiger partial charge < -0.3 is 5.32 Å². The van der Waals surface area contributed by atoms with Gasteiger partial charge in [0.25, 0.3) is 5.76 Å². The summed E-state index contributed by atoms with van der Waals surface area (Å²) >= 11 is 5.01. The van der Waals surface area contributed by atoms with E-state index in [1.54, 1.807) is 43.0 Å². The Hall–Kier alpha value is -0.840. The number of halogens is 2. The van der Waals surface area contributed by atoms with Crippen LogP contribution in [0.4, 0.5) is 14.5 Å². The summed E-state index contributed by atoms with van der Waals surface area (Å²) in [7, 11) is 0. The fourth-order valence-corrected chi connectivity index (χ4v) is 5.59. The van der Waals surface area contributed by atoms with Gasteiger partial charge >= 0.3 is 0 Å². The lowest BCUT2D eigenvalue weighted by atomic mass is 10.3. The number of hydrogen-bond donors (Lipinski definition) is 1. The third-order valence-electron chi connectivity index (χ3n) is 3.11. The van der Waals surface area contributed by atoms with Gasteiger partial charge in [-0.15, -0.1) is 10.2 Å². The zero-order valence-electron chi connectivity index (χ0n) is 14.3. The molecule has 0 spiro atoms. The van der Waals surface area contributed by atoms with Gasteiger partial charge in [0.15, 0.2) is 8.68 Å². The predicted octanol–water partition coefficient (Wildman–Crippen LogP) is 5.86. The monoisotopic (exact) mass is 435 g/mol. The van der Waals surface area contributed by atoms with Crippen molar-refractivity contribution < 1.29 is 13.6 Å². The van der Waals surface area contributed by atoms with Gasteiger partial charge in [-0.3, -0.25) is 4.79 Å². The molecule has 1 amide bonds. The Morgan fingerprint density at radius 1 is 1.19 bits per heavy atom. The molecule has 0 fully saturated rings. The second-order valence-electron chi connectivity index (χ2n) is 5.19. The number of amides is 1. The van der Waals surface area contributed by atoms with Crippen molar-refractivity contribution in [3.63, 3.8) is 0 Å². The van der Waals surface area contributed by atoms with E-state index in [1.807, 2.05) is 0 Å². The molecule has 10 heteroatoms. The molecule has 26 heavy (non-hydrogen) atoms. The fraction of sp³-hybridized carbons (Fsp3) is 0.438. The second kappa shape index (κ2) is 11.1. The molecule has 0 aliphatic heterocycles. The number of benzene rings is 1. The van der Waals surface area contributed by atoms with Crippen molar-refractivity contribution in [3.8, 4) is 0 Å². The summed E-state index contributed by atoms with van der Waals surface area (Å²) in [6.07, 6.45) is 2.28. The van der Waals surface area contributed by atoms with Gasteiger partial charge in [0.2, 0.25) is 5.91 Å². The van der Waals surface area contributed by atoms with E-state index in [0.29, 0.717) is 22.3 Å². The van der Waals surface area contributed by atoms with Gasteiger partial charge in [-0.1, -0.05) is 60.0 Å². The molecule has 0 saturated heterocycles. The van der Waals surface area contributed by atoms with E-state index in [4.69, 9.17) is 0 Å². The molecule has 4 nitrogen and oxygen atoms in total. The quantitative estimate of drug-likeness (QED) is 0.372. The van der Waals surface area contributed by atoms with Crippen LogP contribution in [0.15, 0.2) is 37.8 Å². The summed E-state index contributed by atoms with van der Waals surface area (Å²) in [5, 5.41) is 10.7. The number of unbranched alkanes of at least 4 members (excludes halogenated alkanes) is 1. The van der Waals surface area contributed by atoms with Crippen molar-refractivity contribution in [3.05, 3.63) is 24.3 Å². The van der Waals surface area contributed by atoms with Crippen LogP contribution in [-0.2, 0) is 4.79 Å². The van der Waals surface area contributed by atoms with E-state index in [2.05, 4.69) is 22.4 Å². The molecule has 142 valence electrons. The van der Waals surface area contributed by atoms with Crippen molar-refractivity contribution in [2.24, 2.45) is 0 Å². The molecule has 1 aromatic carbocycles. The highest BCUT2D eigenvalue weighted by Gasteiger charge is 2.17. The van der Waals surface area contributed by atoms with Crippen LogP contribution in [0, 0.1) is 0 Å². The first-order chi connectivity index (χ1) is 12.5. The smallest absolute Gasteiger partial charge is 0.288 e. The van der Waals surface area contributed by atoms with Crippen LogP contribution in [0.5, 0.6) is 0 Å². The van der Waals surface area contributed by atoms with Crippen molar-refractivity contribution >= 4 is 58.2 Å².